The summed E-state index contributed by atoms with van der Waals surface area (Å²) >= 11 is 6.41. The van der Waals surface area contributed by atoms with Crippen molar-refractivity contribution in [2.45, 2.75) is 71.0 Å². The number of esters is 1. The highest BCUT2D eigenvalue weighted by molar-refractivity contribution is 6.31. The van der Waals surface area contributed by atoms with Crippen molar-refractivity contribution in [3.05, 3.63) is 34.9 Å². The van der Waals surface area contributed by atoms with Gasteiger partial charge in [-0.25, -0.2) is 4.79 Å². The van der Waals surface area contributed by atoms with Gasteiger partial charge in [0.2, 0.25) is 6.79 Å². The van der Waals surface area contributed by atoms with Crippen molar-refractivity contribution >= 4 is 29.4 Å². The van der Waals surface area contributed by atoms with Crippen LogP contribution in [0, 0.1) is 5.92 Å². The average molecular weight is 453 g/mol. The average Bonchev–Trinajstić information content (AvgIpc) is 2.72. The van der Waals surface area contributed by atoms with E-state index in [0.717, 1.165) is 12.8 Å². The van der Waals surface area contributed by atoms with E-state index in [1.54, 1.807) is 24.3 Å². The van der Waals surface area contributed by atoms with Crippen molar-refractivity contribution in [3.63, 3.8) is 0 Å². The van der Waals surface area contributed by atoms with Gasteiger partial charge in [0.1, 0.15) is 11.6 Å². The maximum Gasteiger partial charge on any atom is 0.413 e. The molecule has 8 heteroatoms. The Labute approximate surface area is 189 Å². The number of Topliss-reactive ketones (excluding diaryl/α,β-unsaturated/α-hetero) is 1. The molecular weight excluding hydrogens is 420 g/mol. The van der Waals surface area contributed by atoms with Crippen molar-refractivity contribution in [1.29, 1.82) is 0 Å². The van der Waals surface area contributed by atoms with Gasteiger partial charge in [-0.3, -0.25) is 14.5 Å². The molecule has 2 atom stereocenters. The molecule has 1 aromatic rings. The lowest BCUT2D eigenvalue weighted by atomic mass is 9.74. The molecule has 0 saturated heterocycles. The highest BCUT2D eigenvalue weighted by atomic mass is 35.5. The first-order valence-corrected chi connectivity index (χ1v) is 11.1. The van der Waals surface area contributed by atoms with E-state index >= 15 is 0 Å². The summed E-state index contributed by atoms with van der Waals surface area (Å²) in [7, 11) is 1.52. The molecule has 31 heavy (non-hydrogen) atoms. The molecule has 1 saturated carbocycles. The second-order valence-corrected chi connectivity index (χ2v) is 8.97. The third kappa shape index (κ3) is 5.77. The van der Waals surface area contributed by atoms with Crippen LogP contribution in [-0.4, -0.2) is 48.7 Å². The lowest BCUT2D eigenvalue weighted by molar-refractivity contribution is -0.157. The number of hydrogen-bond donors (Lipinski definition) is 1. The minimum atomic E-state index is -1.20. The van der Waals surface area contributed by atoms with E-state index in [4.69, 9.17) is 21.1 Å². The predicted molar refractivity (Wildman–Crippen MR) is 119 cm³/mol. The zero-order valence-corrected chi connectivity index (χ0v) is 19.7. The minimum absolute atomic E-state index is 0.0108. The molecule has 1 aliphatic rings. The molecule has 172 valence electrons. The van der Waals surface area contributed by atoms with Crippen LogP contribution >= 0.6 is 11.6 Å². The summed E-state index contributed by atoms with van der Waals surface area (Å²) in [6.45, 7) is 7.16. The van der Waals surface area contributed by atoms with E-state index in [1.165, 1.54) is 11.9 Å². The Morgan fingerprint density at radius 3 is 2.42 bits per heavy atom. The van der Waals surface area contributed by atoms with Crippen LogP contribution in [0.2, 0.25) is 5.02 Å². The van der Waals surface area contributed by atoms with Crippen molar-refractivity contribution in [2.24, 2.45) is 5.92 Å². The van der Waals surface area contributed by atoms with Crippen LogP contribution in [0.3, 0.4) is 0 Å². The Morgan fingerprint density at radius 2 is 1.84 bits per heavy atom. The number of carbonyl (C=O) groups is 3. The van der Waals surface area contributed by atoms with Crippen LogP contribution < -0.4 is 5.32 Å². The molecule has 7 nitrogen and oxygen atoms in total. The van der Waals surface area contributed by atoms with Crippen LogP contribution in [0.1, 0.15) is 58.9 Å². The van der Waals surface area contributed by atoms with Crippen LogP contribution in [-0.2, 0) is 24.6 Å². The minimum Gasteiger partial charge on any atom is -0.427 e. The van der Waals surface area contributed by atoms with E-state index in [9.17, 15) is 14.4 Å². The number of nitrogens with one attached hydrogen (secondary N) is 1. The zero-order chi connectivity index (χ0) is 23.2. The Hall–Kier alpha value is -2.12. The molecule has 1 amide bonds. The maximum atomic E-state index is 13.1. The lowest BCUT2D eigenvalue weighted by Crippen LogP contribution is -2.54. The third-order valence-electron chi connectivity index (χ3n) is 5.64. The summed E-state index contributed by atoms with van der Waals surface area (Å²) in [6, 6.07) is 6.63. The molecule has 0 bridgehead atoms. The summed E-state index contributed by atoms with van der Waals surface area (Å²) in [4.78, 5) is 39.6. The number of rotatable bonds is 8. The molecular formula is C23H33ClN2O5. The van der Waals surface area contributed by atoms with Gasteiger partial charge >= 0.3 is 12.1 Å². The smallest absolute Gasteiger partial charge is 0.413 e. The first-order chi connectivity index (χ1) is 14.6. The highest BCUT2D eigenvalue weighted by Gasteiger charge is 2.48. The number of ether oxygens (including phenoxy) is 2. The predicted octanol–water partition coefficient (Wildman–Crippen LogP) is 4.27. The quantitative estimate of drug-likeness (QED) is 0.468. The van der Waals surface area contributed by atoms with E-state index in [0.29, 0.717) is 23.4 Å². The zero-order valence-electron chi connectivity index (χ0n) is 18.9. The monoisotopic (exact) mass is 452 g/mol. The van der Waals surface area contributed by atoms with E-state index < -0.39 is 30.4 Å². The van der Waals surface area contributed by atoms with Crippen molar-refractivity contribution in [3.8, 4) is 0 Å². The van der Waals surface area contributed by atoms with Crippen LogP contribution in [0.5, 0.6) is 0 Å². The first kappa shape index (κ1) is 25.1. The molecule has 0 spiro atoms. The van der Waals surface area contributed by atoms with Crippen molar-refractivity contribution in [1.82, 2.24) is 10.2 Å². The number of nitrogens with zero attached hydrogens (tertiary/aromatic N) is 1. The van der Waals surface area contributed by atoms with Gasteiger partial charge in [-0.05, 0) is 31.2 Å². The fourth-order valence-corrected chi connectivity index (χ4v) is 4.29. The molecule has 2 rings (SSSR count). The third-order valence-corrected chi connectivity index (χ3v) is 5.97. The molecule has 0 aliphatic heterocycles. The fourth-order valence-electron chi connectivity index (χ4n) is 4.00. The molecule has 1 N–H and O–H groups in total. The second kappa shape index (κ2) is 11.0. The number of likely N-dealkylation sites (N-methyl/N-ethyl adjacent to an activating group) is 1. The van der Waals surface area contributed by atoms with Crippen molar-refractivity contribution < 1.29 is 23.9 Å². The van der Waals surface area contributed by atoms with Crippen LogP contribution in [0.15, 0.2) is 24.3 Å². The number of hydrogen-bond acceptors (Lipinski definition) is 6. The second-order valence-electron chi connectivity index (χ2n) is 8.56. The molecule has 1 aliphatic carbocycles. The molecule has 1 fully saturated rings. The Kier molecular flexibility index (Phi) is 8.89. The van der Waals surface area contributed by atoms with E-state index in [1.807, 2.05) is 27.7 Å². The fraction of sp³-hybridized carbons (Fsp3) is 0.609. The summed E-state index contributed by atoms with van der Waals surface area (Å²) in [5, 5.41) is 3.57. The van der Waals surface area contributed by atoms with Gasteiger partial charge in [-0.2, -0.15) is 0 Å². The van der Waals surface area contributed by atoms with E-state index in [-0.39, 0.29) is 17.7 Å². The molecule has 1 aromatic carbocycles. The summed E-state index contributed by atoms with van der Waals surface area (Å²) < 4.78 is 10.4. The standard InChI is InChI=1S/C23H33ClN2O5/c1-15(2)20(25-16(3)4)21(28)30-14-31-22(29)26(5)23(13-9-8-12-19(23)27)17-10-6-7-11-18(17)24/h6-7,10-11,15-16,20,25H,8-9,12-14H2,1-5H3/t20?,23-/m0/s1. The van der Waals surface area contributed by atoms with Crippen LogP contribution in [0.4, 0.5) is 4.79 Å². The number of carbonyl (C=O) groups excluding carboxylic acids is 3. The van der Waals surface area contributed by atoms with Gasteiger partial charge in [0, 0.05) is 30.1 Å². The van der Waals surface area contributed by atoms with Gasteiger partial charge < -0.3 is 14.8 Å². The molecule has 1 unspecified atom stereocenters. The van der Waals surface area contributed by atoms with E-state index in [2.05, 4.69) is 5.32 Å². The number of amides is 1. The molecule has 0 radical (unpaired) electrons. The number of benzene rings is 1. The Balaban J connectivity index is 2.12. The number of halogens is 1. The van der Waals surface area contributed by atoms with Gasteiger partial charge in [-0.15, -0.1) is 0 Å². The Morgan fingerprint density at radius 1 is 1.16 bits per heavy atom. The van der Waals surface area contributed by atoms with Gasteiger partial charge in [0.25, 0.3) is 0 Å². The summed E-state index contributed by atoms with van der Waals surface area (Å²) in [6.07, 6.45) is 1.61. The molecule has 0 heterocycles. The van der Waals surface area contributed by atoms with Crippen molar-refractivity contribution in [2.75, 3.05) is 13.8 Å². The SMILES string of the molecule is CC(C)NC(C(=O)OCOC(=O)N(C)[C@]1(c2ccccc2Cl)CCCCC1=O)C(C)C. The first-order valence-electron chi connectivity index (χ1n) is 10.7. The summed E-state index contributed by atoms with van der Waals surface area (Å²) in [5.74, 6) is -0.561. The highest BCUT2D eigenvalue weighted by Crippen LogP contribution is 2.42. The van der Waals surface area contributed by atoms with Crippen LogP contribution in [0.25, 0.3) is 0 Å². The molecule has 0 aromatic heterocycles. The van der Waals surface area contributed by atoms with Gasteiger partial charge in [0.05, 0.1) is 0 Å². The van der Waals surface area contributed by atoms with Gasteiger partial charge in [0.15, 0.2) is 5.78 Å². The number of ketones is 1. The normalized spacial score (nSPS) is 19.9. The Bertz CT molecular complexity index is 798. The lowest BCUT2D eigenvalue weighted by Gasteiger charge is -2.43. The summed E-state index contributed by atoms with van der Waals surface area (Å²) in [5.41, 5.74) is -0.615. The maximum absolute atomic E-state index is 13.1. The topological polar surface area (TPSA) is 84.9 Å². The van der Waals surface area contributed by atoms with Gasteiger partial charge in [-0.1, -0.05) is 57.5 Å². The largest absolute Gasteiger partial charge is 0.427 e.